The number of carbonyl (C=O) groups excluding carboxylic acids is 1. The van der Waals surface area contributed by atoms with Gasteiger partial charge < -0.3 is 10.4 Å². The van der Waals surface area contributed by atoms with Gasteiger partial charge in [-0.3, -0.25) is 4.79 Å². The van der Waals surface area contributed by atoms with Crippen LogP contribution in [0.25, 0.3) is 0 Å². The highest BCUT2D eigenvalue weighted by Crippen LogP contribution is 2.18. The summed E-state index contributed by atoms with van der Waals surface area (Å²) in [7, 11) is 0. The van der Waals surface area contributed by atoms with Gasteiger partial charge in [-0.2, -0.15) is 0 Å². The number of carboxylic acids is 1. The van der Waals surface area contributed by atoms with Crippen molar-refractivity contribution in [3.05, 3.63) is 58.7 Å². The van der Waals surface area contributed by atoms with Crippen LogP contribution in [0.2, 0.25) is 5.02 Å². The van der Waals surface area contributed by atoms with E-state index in [0.717, 1.165) is 0 Å². The van der Waals surface area contributed by atoms with E-state index in [0.29, 0.717) is 5.56 Å². The molecule has 0 fully saturated rings. The molecule has 4 nitrogen and oxygen atoms in total. The molecule has 5 heteroatoms. The zero-order valence-electron chi connectivity index (χ0n) is 16.9. The summed E-state index contributed by atoms with van der Waals surface area (Å²) in [5.74, 6) is -1.17. The molecule has 0 aliphatic carbocycles. The summed E-state index contributed by atoms with van der Waals surface area (Å²) < 4.78 is 0. The van der Waals surface area contributed by atoms with E-state index in [-0.39, 0.29) is 23.0 Å². The molecule has 0 atom stereocenters. The quantitative estimate of drug-likeness (QED) is 0.641. The number of carbonyl (C=O) groups is 2. The second-order valence-electron chi connectivity index (χ2n) is 6.53. The van der Waals surface area contributed by atoms with Gasteiger partial charge in [0, 0.05) is 12.0 Å². The lowest BCUT2D eigenvalue weighted by atomic mass is 9.95. The maximum Gasteiger partial charge on any atom is 0.337 e. The van der Waals surface area contributed by atoms with Gasteiger partial charge in [0.05, 0.1) is 10.6 Å². The third kappa shape index (κ3) is 11.5. The number of halogens is 1. The van der Waals surface area contributed by atoms with E-state index in [2.05, 4.69) is 11.9 Å². The maximum absolute atomic E-state index is 11.7. The van der Waals surface area contributed by atoms with E-state index in [9.17, 15) is 9.59 Å². The number of rotatable bonds is 4. The SMILES string of the molecule is C=CC=C(C)C.CC.CC(C)(C)C(=O)NCc1ccc(Cl)c(C(=O)O)c1. The van der Waals surface area contributed by atoms with E-state index >= 15 is 0 Å². The van der Waals surface area contributed by atoms with Crippen LogP contribution >= 0.6 is 11.6 Å². The second kappa shape index (κ2) is 13.2. The van der Waals surface area contributed by atoms with Gasteiger partial charge >= 0.3 is 5.97 Å². The average Bonchev–Trinajstić information content (AvgIpc) is 2.55. The summed E-state index contributed by atoms with van der Waals surface area (Å²) in [5, 5.41) is 11.9. The van der Waals surface area contributed by atoms with Crippen molar-refractivity contribution in [3.63, 3.8) is 0 Å². The highest BCUT2D eigenvalue weighted by atomic mass is 35.5. The summed E-state index contributed by atoms with van der Waals surface area (Å²) in [4.78, 5) is 22.6. The van der Waals surface area contributed by atoms with Crippen LogP contribution in [-0.4, -0.2) is 17.0 Å². The van der Waals surface area contributed by atoms with Crippen LogP contribution in [0.15, 0.2) is 42.5 Å². The minimum atomic E-state index is -1.08. The Kier molecular flexibility index (Phi) is 13.3. The Labute approximate surface area is 163 Å². The fourth-order valence-electron chi connectivity index (χ4n) is 1.53. The summed E-state index contributed by atoms with van der Waals surface area (Å²) in [6.45, 7) is 17.3. The van der Waals surface area contributed by atoms with E-state index in [4.69, 9.17) is 16.7 Å². The first-order chi connectivity index (χ1) is 12.0. The van der Waals surface area contributed by atoms with Gasteiger partial charge in [-0.05, 0) is 31.5 Å². The Balaban J connectivity index is 0. The van der Waals surface area contributed by atoms with Gasteiger partial charge in [-0.25, -0.2) is 4.79 Å². The lowest BCUT2D eigenvalue weighted by molar-refractivity contribution is -0.128. The van der Waals surface area contributed by atoms with Crippen LogP contribution < -0.4 is 5.32 Å². The Morgan fingerprint density at radius 3 is 2.12 bits per heavy atom. The second-order valence-corrected chi connectivity index (χ2v) is 6.94. The number of carboxylic acid groups (broad SMARTS) is 1. The van der Waals surface area contributed by atoms with Crippen molar-refractivity contribution in [2.45, 2.75) is 55.0 Å². The van der Waals surface area contributed by atoms with Gasteiger partial charge in [0.1, 0.15) is 0 Å². The first-order valence-electron chi connectivity index (χ1n) is 8.55. The molecule has 1 aromatic rings. The van der Waals surface area contributed by atoms with Crippen LogP contribution in [0, 0.1) is 5.41 Å². The Bertz CT molecular complexity index is 625. The van der Waals surface area contributed by atoms with Crippen LogP contribution in [0.4, 0.5) is 0 Å². The lowest BCUT2D eigenvalue weighted by Gasteiger charge is -2.17. The first-order valence-corrected chi connectivity index (χ1v) is 8.92. The minimum absolute atomic E-state index is 0.0409. The number of amides is 1. The fraction of sp³-hybridized carbons (Fsp3) is 0.429. The summed E-state index contributed by atoms with van der Waals surface area (Å²) >= 11 is 5.76. The van der Waals surface area contributed by atoms with Crippen molar-refractivity contribution in [3.8, 4) is 0 Å². The lowest BCUT2D eigenvalue weighted by Crippen LogP contribution is -2.34. The third-order valence-electron chi connectivity index (χ3n) is 2.85. The first kappa shape index (κ1) is 26.2. The minimum Gasteiger partial charge on any atom is -0.478 e. The Hall–Kier alpha value is -2.07. The van der Waals surface area contributed by atoms with Crippen molar-refractivity contribution in [2.24, 2.45) is 5.41 Å². The van der Waals surface area contributed by atoms with Gasteiger partial charge in [-0.1, -0.05) is 76.6 Å². The molecule has 0 aliphatic heterocycles. The van der Waals surface area contributed by atoms with Crippen molar-refractivity contribution in [1.82, 2.24) is 5.32 Å². The highest BCUT2D eigenvalue weighted by molar-refractivity contribution is 6.33. The molecular formula is C21H32ClNO3. The zero-order valence-corrected chi connectivity index (χ0v) is 17.7. The van der Waals surface area contributed by atoms with Crippen molar-refractivity contribution < 1.29 is 14.7 Å². The molecule has 26 heavy (non-hydrogen) atoms. The fourth-order valence-corrected chi connectivity index (χ4v) is 1.73. The molecule has 0 aliphatic rings. The molecule has 0 bridgehead atoms. The predicted molar refractivity (Wildman–Crippen MR) is 111 cm³/mol. The van der Waals surface area contributed by atoms with E-state index in [1.165, 1.54) is 17.7 Å². The summed E-state index contributed by atoms with van der Waals surface area (Å²) in [6.07, 6.45) is 3.76. The molecule has 2 N–H and O–H groups in total. The van der Waals surface area contributed by atoms with Crippen LogP contribution in [-0.2, 0) is 11.3 Å². The number of benzene rings is 1. The Morgan fingerprint density at radius 2 is 1.77 bits per heavy atom. The van der Waals surface area contributed by atoms with Gasteiger partial charge in [0.2, 0.25) is 5.91 Å². The molecule has 1 aromatic carbocycles. The van der Waals surface area contributed by atoms with Crippen molar-refractivity contribution in [2.75, 3.05) is 0 Å². The molecule has 0 spiro atoms. The average molecular weight is 382 g/mol. The molecule has 0 heterocycles. The maximum atomic E-state index is 11.7. The molecule has 0 aromatic heterocycles. The molecule has 1 amide bonds. The largest absolute Gasteiger partial charge is 0.478 e. The third-order valence-corrected chi connectivity index (χ3v) is 3.18. The molecule has 1 rings (SSSR count). The monoisotopic (exact) mass is 381 g/mol. The number of hydrogen-bond acceptors (Lipinski definition) is 2. The topological polar surface area (TPSA) is 66.4 Å². The predicted octanol–water partition coefficient (Wildman–Crippen LogP) is 5.87. The Morgan fingerprint density at radius 1 is 1.23 bits per heavy atom. The van der Waals surface area contributed by atoms with E-state index < -0.39 is 11.4 Å². The van der Waals surface area contributed by atoms with Crippen molar-refractivity contribution >= 4 is 23.5 Å². The number of aromatic carboxylic acids is 1. The smallest absolute Gasteiger partial charge is 0.337 e. The van der Waals surface area contributed by atoms with E-state index in [1.807, 2.05) is 54.5 Å². The zero-order chi connectivity index (χ0) is 20.9. The summed E-state index contributed by atoms with van der Waals surface area (Å²) in [6, 6.07) is 4.68. The van der Waals surface area contributed by atoms with E-state index in [1.54, 1.807) is 12.1 Å². The highest BCUT2D eigenvalue weighted by Gasteiger charge is 2.20. The molecule has 0 saturated heterocycles. The molecule has 0 saturated carbocycles. The summed E-state index contributed by atoms with van der Waals surface area (Å²) in [5.41, 5.74) is 1.57. The van der Waals surface area contributed by atoms with Gasteiger partial charge in [-0.15, -0.1) is 0 Å². The molecule has 0 unspecified atom stereocenters. The number of nitrogens with one attached hydrogen (secondary N) is 1. The standard InChI is InChI=1S/C13H16ClNO3.C6H10.C2H6/c1-13(2,3)12(18)15-7-8-4-5-10(14)9(6-8)11(16)17;1-4-5-6(2)3;1-2/h4-6H,7H2,1-3H3,(H,15,18)(H,16,17);4-5H,1H2,2-3H3;1-2H3. The van der Waals surface area contributed by atoms with Gasteiger partial charge in [0.15, 0.2) is 0 Å². The van der Waals surface area contributed by atoms with Crippen LogP contribution in [0.5, 0.6) is 0 Å². The van der Waals surface area contributed by atoms with Crippen LogP contribution in [0.3, 0.4) is 0 Å². The number of allylic oxidation sites excluding steroid dienone is 3. The molecular weight excluding hydrogens is 350 g/mol. The normalized spacial score (nSPS) is 9.54. The van der Waals surface area contributed by atoms with Gasteiger partial charge in [0.25, 0.3) is 0 Å². The molecule has 0 radical (unpaired) electrons. The number of hydrogen-bond donors (Lipinski definition) is 2. The molecule has 146 valence electrons. The van der Waals surface area contributed by atoms with Crippen molar-refractivity contribution in [1.29, 1.82) is 0 Å². The van der Waals surface area contributed by atoms with Crippen LogP contribution in [0.1, 0.15) is 64.4 Å².